The lowest BCUT2D eigenvalue weighted by Crippen LogP contribution is -2.19. The van der Waals surface area contributed by atoms with Crippen LogP contribution in [-0.2, 0) is 0 Å². The number of thiocarbonyl (C=S) groups is 1. The largest absolute Gasteiger partial charge is 0.389 e. The fourth-order valence-electron chi connectivity index (χ4n) is 2.02. The molecular weight excluding hydrogens is 320 g/mol. The van der Waals surface area contributed by atoms with Crippen molar-refractivity contribution in [3.8, 4) is 0 Å². The Bertz CT molecular complexity index is 432. The van der Waals surface area contributed by atoms with Gasteiger partial charge < -0.3 is 11.1 Å². The number of rotatable bonds is 7. The molecule has 1 aromatic rings. The van der Waals surface area contributed by atoms with Gasteiger partial charge in [-0.2, -0.15) is 0 Å². The smallest absolute Gasteiger partial charge is 0.106 e. The third-order valence-corrected chi connectivity index (χ3v) is 3.78. The third kappa shape index (κ3) is 5.91. The summed E-state index contributed by atoms with van der Waals surface area (Å²) in [5.41, 5.74) is 7.69. The first kappa shape index (κ1) is 16.4. The highest BCUT2D eigenvalue weighted by molar-refractivity contribution is 9.10. The fraction of sp³-hybridized carbons (Fsp3) is 0.533. The Kier molecular flexibility index (Phi) is 6.80. The number of nitrogens with two attached hydrogens (primary N) is 1. The van der Waals surface area contributed by atoms with Gasteiger partial charge in [-0.25, -0.2) is 0 Å². The van der Waals surface area contributed by atoms with Gasteiger partial charge in [0, 0.05) is 21.8 Å². The predicted molar refractivity (Wildman–Crippen MR) is 91.8 cm³/mol. The van der Waals surface area contributed by atoms with Crippen molar-refractivity contribution in [3.05, 3.63) is 28.2 Å². The number of hydrogen-bond acceptors (Lipinski definition) is 2. The summed E-state index contributed by atoms with van der Waals surface area (Å²) in [5.74, 6) is 0.770. The zero-order chi connectivity index (χ0) is 14.4. The number of anilines is 1. The molecule has 0 aliphatic rings. The molecular formula is C15H23BrN2S. The summed E-state index contributed by atoms with van der Waals surface area (Å²) in [6, 6.07) is 6.42. The van der Waals surface area contributed by atoms with Gasteiger partial charge in [-0.05, 0) is 37.5 Å². The third-order valence-electron chi connectivity index (χ3n) is 3.07. The van der Waals surface area contributed by atoms with Crippen LogP contribution in [0.1, 0.15) is 45.6 Å². The van der Waals surface area contributed by atoms with Crippen LogP contribution >= 0.6 is 28.1 Å². The summed E-state index contributed by atoms with van der Waals surface area (Å²) in [4.78, 5) is 0.429. The molecule has 106 valence electrons. The van der Waals surface area contributed by atoms with E-state index in [1.165, 1.54) is 12.8 Å². The molecule has 1 unspecified atom stereocenters. The second-order valence-corrected chi connectivity index (χ2v) is 6.78. The molecule has 1 aromatic carbocycles. The first-order valence-corrected chi connectivity index (χ1v) is 7.96. The number of halogens is 1. The van der Waals surface area contributed by atoms with E-state index in [-0.39, 0.29) is 0 Å². The molecule has 4 heteroatoms. The Labute approximate surface area is 130 Å². The van der Waals surface area contributed by atoms with Crippen LogP contribution < -0.4 is 11.1 Å². The van der Waals surface area contributed by atoms with Gasteiger partial charge in [0.05, 0.1) is 0 Å². The summed E-state index contributed by atoms with van der Waals surface area (Å²) in [5, 5.41) is 3.50. The van der Waals surface area contributed by atoms with E-state index in [1.807, 2.05) is 18.2 Å². The zero-order valence-electron chi connectivity index (χ0n) is 11.9. The molecule has 2 nitrogen and oxygen atoms in total. The molecule has 0 saturated heterocycles. The molecule has 1 rings (SSSR count). The van der Waals surface area contributed by atoms with Crippen molar-refractivity contribution in [3.63, 3.8) is 0 Å². The fourth-order valence-corrected chi connectivity index (χ4v) is 2.55. The van der Waals surface area contributed by atoms with Crippen LogP contribution in [0.15, 0.2) is 22.7 Å². The van der Waals surface area contributed by atoms with Crippen LogP contribution in [0.25, 0.3) is 0 Å². The normalized spacial score (nSPS) is 12.5. The SMILES string of the molecule is CC(C)CCCC(C)Nc1ccc(Br)cc1C(N)=S. The van der Waals surface area contributed by atoms with Crippen molar-refractivity contribution in [2.24, 2.45) is 11.7 Å². The second kappa shape index (κ2) is 7.85. The quantitative estimate of drug-likeness (QED) is 0.704. The van der Waals surface area contributed by atoms with Crippen LogP contribution in [0.5, 0.6) is 0 Å². The van der Waals surface area contributed by atoms with E-state index in [1.54, 1.807) is 0 Å². The topological polar surface area (TPSA) is 38.0 Å². The van der Waals surface area contributed by atoms with Crippen LogP contribution in [0, 0.1) is 5.92 Å². The Morgan fingerprint density at radius 1 is 1.32 bits per heavy atom. The molecule has 0 aromatic heterocycles. The number of hydrogen-bond donors (Lipinski definition) is 2. The molecule has 0 radical (unpaired) electrons. The number of benzene rings is 1. The lowest BCUT2D eigenvalue weighted by Gasteiger charge is -2.18. The minimum Gasteiger partial charge on any atom is -0.389 e. The van der Waals surface area contributed by atoms with Gasteiger partial charge in [0.1, 0.15) is 4.99 Å². The molecule has 0 spiro atoms. The van der Waals surface area contributed by atoms with Gasteiger partial charge in [0.25, 0.3) is 0 Å². The molecule has 0 amide bonds. The molecule has 0 aliphatic carbocycles. The maximum atomic E-state index is 5.77. The Balaban J connectivity index is 2.63. The maximum Gasteiger partial charge on any atom is 0.106 e. The number of nitrogens with one attached hydrogen (secondary N) is 1. The van der Waals surface area contributed by atoms with E-state index in [0.717, 1.165) is 28.1 Å². The van der Waals surface area contributed by atoms with Crippen LogP contribution in [0.3, 0.4) is 0 Å². The summed E-state index contributed by atoms with van der Waals surface area (Å²) in [6.45, 7) is 6.72. The molecule has 0 bridgehead atoms. The van der Waals surface area contributed by atoms with E-state index in [2.05, 4.69) is 42.0 Å². The van der Waals surface area contributed by atoms with Crippen LogP contribution in [0.4, 0.5) is 5.69 Å². The van der Waals surface area contributed by atoms with Gasteiger partial charge in [0.15, 0.2) is 0 Å². The lowest BCUT2D eigenvalue weighted by molar-refractivity contribution is 0.520. The second-order valence-electron chi connectivity index (χ2n) is 5.42. The predicted octanol–water partition coefficient (Wildman–Crippen LogP) is 4.71. The summed E-state index contributed by atoms with van der Waals surface area (Å²) in [7, 11) is 0. The van der Waals surface area contributed by atoms with Crippen molar-refractivity contribution < 1.29 is 0 Å². The van der Waals surface area contributed by atoms with E-state index in [4.69, 9.17) is 18.0 Å². The van der Waals surface area contributed by atoms with Crippen molar-refractivity contribution in [1.29, 1.82) is 0 Å². The van der Waals surface area contributed by atoms with Crippen molar-refractivity contribution >= 4 is 38.8 Å². The van der Waals surface area contributed by atoms with E-state index < -0.39 is 0 Å². The summed E-state index contributed by atoms with van der Waals surface area (Å²) < 4.78 is 0.994. The molecule has 1 atom stereocenters. The molecule has 19 heavy (non-hydrogen) atoms. The van der Waals surface area contributed by atoms with E-state index in [9.17, 15) is 0 Å². The Hall–Kier alpha value is -0.610. The minimum absolute atomic E-state index is 0.424. The van der Waals surface area contributed by atoms with Crippen molar-refractivity contribution in [2.75, 3.05) is 5.32 Å². The van der Waals surface area contributed by atoms with Gasteiger partial charge in [-0.15, -0.1) is 0 Å². The van der Waals surface area contributed by atoms with Gasteiger partial charge in [-0.1, -0.05) is 54.8 Å². The van der Waals surface area contributed by atoms with Crippen molar-refractivity contribution in [2.45, 2.75) is 46.1 Å². The van der Waals surface area contributed by atoms with E-state index in [0.29, 0.717) is 11.0 Å². The maximum absolute atomic E-state index is 5.77. The van der Waals surface area contributed by atoms with E-state index >= 15 is 0 Å². The first-order chi connectivity index (χ1) is 8.90. The molecule has 3 N–H and O–H groups in total. The molecule has 0 fully saturated rings. The minimum atomic E-state index is 0.424. The molecule has 0 aliphatic heterocycles. The highest BCUT2D eigenvalue weighted by Gasteiger charge is 2.09. The highest BCUT2D eigenvalue weighted by atomic mass is 79.9. The molecule has 0 heterocycles. The van der Waals surface area contributed by atoms with Gasteiger partial charge >= 0.3 is 0 Å². The molecule has 0 saturated carbocycles. The first-order valence-electron chi connectivity index (χ1n) is 6.76. The lowest BCUT2D eigenvalue weighted by atomic mass is 10.0. The van der Waals surface area contributed by atoms with Crippen molar-refractivity contribution in [1.82, 2.24) is 0 Å². The zero-order valence-corrected chi connectivity index (χ0v) is 14.3. The average molecular weight is 343 g/mol. The summed E-state index contributed by atoms with van der Waals surface area (Å²) in [6.07, 6.45) is 3.67. The summed E-state index contributed by atoms with van der Waals surface area (Å²) >= 11 is 8.55. The van der Waals surface area contributed by atoms with Gasteiger partial charge in [-0.3, -0.25) is 0 Å². The average Bonchev–Trinajstić information content (AvgIpc) is 2.30. The van der Waals surface area contributed by atoms with Crippen LogP contribution in [0.2, 0.25) is 0 Å². The Morgan fingerprint density at radius 3 is 2.58 bits per heavy atom. The highest BCUT2D eigenvalue weighted by Crippen LogP contribution is 2.22. The Morgan fingerprint density at radius 2 is 2.00 bits per heavy atom. The standard InChI is InChI=1S/C15H23BrN2S/c1-10(2)5-4-6-11(3)18-14-8-7-12(16)9-13(14)15(17)19/h7-11,18H,4-6H2,1-3H3,(H2,17,19). The van der Waals surface area contributed by atoms with Gasteiger partial charge in [0.2, 0.25) is 0 Å². The monoisotopic (exact) mass is 342 g/mol. The van der Waals surface area contributed by atoms with Crippen LogP contribution in [-0.4, -0.2) is 11.0 Å².